The predicted molar refractivity (Wildman–Crippen MR) is 54.5 cm³/mol. The van der Waals surface area contributed by atoms with Crippen LogP contribution in [0.15, 0.2) is 12.2 Å². The van der Waals surface area contributed by atoms with Crippen LogP contribution in [0, 0.1) is 11.8 Å². The van der Waals surface area contributed by atoms with E-state index in [9.17, 15) is 9.59 Å². The normalized spacial score (nSPS) is 22.3. The van der Waals surface area contributed by atoms with Crippen molar-refractivity contribution >= 4 is 11.9 Å². The van der Waals surface area contributed by atoms with Crippen molar-refractivity contribution in [2.75, 3.05) is 0 Å². The molecule has 0 spiro atoms. The van der Waals surface area contributed by atoms with E-state index in [-0.39, 0.29) is 18.8 Å². The molecule has 1 aliphatic carbocycles. The van der Waals surface area contributed by atoms with E-state index < -0.39 is 17.9 Å². The van der Waals surface area contributed by atoms with Crippen LogP contribution in [0.3, 0.4) is 0 Å². The molecule has 1 aliphatic rings. The number of carboxylic acids is 2. The molecule has 2 N–H and O–H groups in total. The van der Waals surface area contributed by atoms with Crippen molar-refractivity contribution in [3.8, 4) is 0 Å². The first kappa shape index (κ1) is 11.8. The van der Waals surface area contributed by atoms with Crippen molar-refractivity contribution in [2.24, 2.45) is 11.8 Å². The molecule has 0 fully saturated rings. The van der Waals surface area contributed by atoms with Gasteiger partial charge in [0.2, 0.25) is 0 Å². The molecule has 0 saturated carbocycles. The molecule has 0 aliphatic heterocycles. The number of allylic oxidation sites excluding steroid dienone is 2. The molecule has 0 heterocycles. The van der Waals surface area contributed by atoms with Gasteiger partial charge in [0.05, 0.1) is 5.92 Å². The molecule has 4 heteroatoms. The van der Waals surface area contributed by atoms with Crippen LogP contribution in [-0.2, 0) is 9.59 Å². The summed E-state index contributed by atoms with van der Waals surface area (Å²) in [4.78, 5) is 21.4. The first-order valence-corrected chi connectivity index (χ1v) is 5.22. The number of carbonyl (C=O) groups is 2. The van der Waals surface area contributed by atoms with Gasteiger partial charge in [0.25, 0.3) is 0 Å². The van der Waals surface area contributed by atoms with Gasteiger partial charge in [0.15, 0.2) is 0 Å². The molecule has 0 aromatic carbocycles. The Morgan fingerprint density at radius 3 is 2.60 bits per heavy atom. The summed E-state index contributed by atoms with van der Waals surface area (Å²) in [6, 6.07) is 0. The van der Waals surface area contributed by atoms with E-state index in [0.29, 0.717) is 0 Å². The van der Waals surface area contributed by atoms with Crippen LogP contribution in [-0.4, -0.2) is 22.2 Å². The molecule has 84 valence electrons. The Bertz CT molecular complexity index is 270. The summed E-state index contributed by atoms with van der Waals surface area (Å²) in [5.41, 5.74) is 0. The van der Waals surface area contributed by atoms with E-state index in [1.807, 2.05) is 12.2 Å². The van der Waals surface area contributed by atoms with Gasteiger partial charge in [-0.1, -0.05) is 12.2 Å². The predicted octanol–water partition coefficient (Wildman–Crippen LogP) is 1.91. The van der Waals surface area contributed by atoms with E-state index in [1.165, 1.54) is 0 Å². The van der Waals surface area contributed by atoms with Crippen molar-refractivity contribution < 1.29 is 19.8 Å². The monoisotopic (exact) mass is 212 g/mol. The van der Waals surface area contributed by atoms with Crippen molar-refractivity contribution in [3.05, 3.63) is 12.2 Å². The topological polar surface area (TPSA) is 74.6 Å². The number of hydrogen-bond acceptors (Lipinski definition) is 2. The van der Waals surface area contributed by atoms with Crippen LogP contribution in [0.4, 0.5) is 0 Å². The average Bonchev–Trinajstić information content (AvgIpc) is 2.18. The van der Waals surface area contributed by atoms with E-state index in [1.54, 1.807) is 0 Å². The maximum absolute atomic E-state index is 11.0. The van der Waals surface area contributed by atoms with Gasteiger partial charge in [0.1, 0.15) is 0 Å². The minimum Gasteiger partial charge on any atom is -0.481 e. The molecule has 1 rings (SSSR count). The molecule has 0 aromatic heterocycles. The quantitative estimate of drug-likeness (QED) is 0.682. The van der Waals surface area contributed by atoms with Gasteiger partial charge in [-0.25, -0.2) is 0 Å². The number of rotatable bonds is 5. The Labute approximate surface area is 88.6 Å². The standard InChI is InChI=1S/C11H16O4/c12-10(13)7-6-9(11(14)15)8-4-2-1-3-5-8/h2,4,8-9H,1,3,5-7H2,(H,12,13)(H,14,15). The largest absolute Gasteiger partial charge is 0.481 e. The van der Waals surface area contributed by atoms with Gasteiger partial charge in [-0.05, 0) is 31.6 Å². The lowest BCUT2D eigenvalue weighted by Gasteiger charge is -2.22. The molecular formula is C11H16O4. The summed E-state index contributed by atoms with van der Waals surface area (Å²) in [5.74, 6) is -2.35. The third kappa shape index (κ3) is 3.73. The first-order valence-electron chi connectivity index (χ1n) is 5.22. The van der Waals surface area contributed by atoms with Crippen LogP contribution in [0.5, 0.6) is 0 Å². The van der Waals surface area contributed by atoms with Crippen LogP contribution < -0.4 is 0 Å². The summed E-state index contributed by atoms with van der Waals surface area (Å²) < 4.78 is 0. The third-order valence-electron chi connectivity index (χ3n) is 2.79. The van der Waals surface area contributed by atoms with Gasteiger partial charge in [-0.2, -0.15) is 0 Å². The van der Waals surface area contributed by atoms with Crippen molar-refractivity contribution in [1.82, 2.24) is 0 Å². The van der Waals surface area contributed by atoms with Crippen LogP contribution >= 0.6 is 0 Å². The zero-order valence-electron chi connectivity index (χ0n) is 8.56. The molecule has 2 atom stereocenters. The zero-order chi connectivity index (χ0) is 11.3. The molecule has 15 heavy (non-hydrogen) atoms. The van der Waals surface area contributed by atoms with Crippen LogP contribution in [0.2, 0.25) is 0 Å². The Hall–Kier alpha value is -1.32. The summed E-state index contributed by atoms with van der Waals surface area (Å²) in [7, 11) is 0. The van der Waals surface area contributed by atoms with E-state index in [2.05, 4.69) is 0 Å². The number of aliphatic carboxylic acids is 2. The smallest absolute Gasteiger partial charge is 0.307 e. The molecule has 0 bridgehead atoms. The average molecular weight is 212 g/mol. The summed E-state index contributed by atoms with van der Waals surface area (Å²) in [6.07, 6.45) is 6.92. The Morgan fingerprint density at radius 2 is 2.13 bits per heavy atom. The van der Waals surface area contributed by atoms with Gasteiger partial charge >= 0.3 is 11.9 Å². The van der Waals surface area contributed by atoms with Crippen molar-refractivity contribution in [3.63, 3.8) is 0 Å². The van der Waals surface area contributed by atoms with Gasteiger partial charge in [0, 0.05) is 6.42 Å². The fourth-order valence-electron chi connectivity index (χ4n) is 1.97. The summed E-state index contributed by atoms with van der Waals surface area (Å²) in [6.45, 7) is 0. The SMILES string of the molecule is O=C(O)CCC(C(=O)O)C1C=CCCC1. The number of carboxylic acid groups (broad SMARTS) is 2. The maximum atomic E-state index is 11.0. The Morgan fingerprint density at radius 1 is 1.40 bits per heavy atom. The highest BCUT2D eigenvalue weighted by Gasteiger charge is 2.27. The Balaban J connectivity index is 2.56. The summed E-state index contributed by atoms with van der Waals surface area (Å²) in [5, 5.41) is 17.5. The lowest BCUT2D eigenvalue weighted by molar-refractivity contribution is -0.144. The van der Waals surface area contributed by atoms with Gasteiger partial charge in [-0.3, -0.25) is 9.59 Å². The van der Waals surface area contributed by atoms with E-state index >= 15 is 0 Å². The highest BCUT2D eigenvalue weighted by atomic mass is 16.4. The molecule has 2 unspecified atom stereocenters. The molecule has 0 radical (unpaired) electrons. The lowest BCUT2D eigenvalue weighted by atomic mass is 9.82. The number of hydrogen-bond donors (Lipinski definition) is 2. The van der Waals surface area contributed by atoms with Crippen LogP contribution in [0.1, 0.15) is 32.1 Å². The molecule has 0 aromatic rings. The lowest BCUT2D eigenvalue weighted by Crippen LogP contribution is -2.24. The third-order valence-corrected chi connectivity index (χ3v) is 2.79. The second-order valence-corrected chi connectivity index (χ2v) is 3.90. The van der Waals surface area contributed by atoms with Crippen molar-refractivity contribution in [2.45, 2.75) is 32.1 Å². The fourth-order valence-corrected chi connectivity index (χ4v) is 1.97. The summed E-state index contributed by atoms with van der Waals surface area (Å²) >= 11 is 0. The minimum atomic E-state index is -0.930. The second kappa shape index (κ2) is 5.53. The molecule has 0 amide bonds. The molecular weight excluding hydrogens is 196 g/mol. The maximum Gasteiger partial charge on any atom is 0.307 e. The zero-order valence-corrected chi connectivity index (χ0v) is 8.56. The molecule has 4 nitrogen and oxygen atoms in total. The first-order chi connectivity index (χ1) is 7.11. The van der Waals surface area contributed by atoms with Crippen LogP contribution in [0.25, 0.3) is 0 Å². The fraction of sp³-hybridized carbons (Fsp3) is 0.636. The van der Waals surface area contributed by atoms with Gasteiger partial charge < -0.3 is 10.2 Å². The van der Waals surface area contributed by atoms with E-state index in [0.717, 1.165) is 19.3 Å². The Kier molecular flexibility index (Phi) is 4.34. The van der Waals surface area contributed by atoms with Crippen molar-refractivity contribution in [1.29, 1.82) is 0 Å². The van der Waals surface area contributed by atoms with Gasteiger partial charge in [-0.15, -0.1) is 0 Å². The van der Waals surface area contributed by atoms with E-state index in [4.69, 9.17) is 10.2 Å². The molecule has 0 saturated heterocycles. The highest BCUT2D eigenvalue weighted by Crippen LogP contribution is 2.28. The minimum absolute atomic E-state index is 0.00981. The second-order valence-electron chi connectivity index (χ2n) is 3.90. The highest BCUT2D eigenvalue weighted by molar-refractivity contribution is 5.72.